The molecule has 2 aromatic carbocycles. The number of methoxy groups -OCH3 is 1. The summed E-state index contributed by atoms with van der Waals surface area (Å²) >= 11 is 0. The average molecular weight is 299 g/mol. The highest BCUT2D eigenvalue weighted by atomic mass is 16.5. The van der Waals surface area contributed by atoms with Gasteiger partial charge in [0, 0.05) is 23.7 Å². The molecule has 2 N–H and O–H groups in total. The lowest BCUT2D eigenvalue weighted by molar-refractivity contribution is 0.0977. The molecule has 4 nitrogen and oxygen atoms in total. The Labute approximate surface area is 130 Å². The summed E-state index contributed by atoms with van der Waals surface area (Å²) in [5, 5.41) is 0. The number of carbonyl (C=O) groups excluding carboxylic acids is 1. The normalized spacial score (nSPS) is 10.2. The van der Waals surface area contributed by atoms with E-state index in [0.29, 0.717) is 30.2 Å². The lowest BCUT2D eigenvalue weighted by Gasteiger charge is -2.11. The fourth-order valence-electron chi connectivity index (χ4n) is 2.14. The molecule has 0 radical (unpaired) electrons. The van der Waals surface area contributed by atoms with Crippen LogP contribution >= 0.6 is 0 Å². The Balaban J connectivity index is 1.73. The summed E-state index contributed by atoms with van der Waals surface area (Å²) in [4.78, 5) is 11.9. The molecule has 0 aliphatic rings. The SMILES string of the molecule is COc1cc(N)ccc1OCCCCC(=O)c1ccccc1. The van der Waals surface area contributed by atoms with E-state index >= 15 is 0 Å². The zero-order valence-electron chi connectivity index (χ0n) is 12.7. The number of benzene rings is 2. The van der Waals surface area contributed by atoms with Crippen LogP contribution < -0.4 is 15.2 Å². The number of hydrogen-bond acceptors (Lipinski definition) is 4. The summed E-state index contributed by atoms with van der Waals surface area (Å²) in [6.45, 7) is 0.544. The number of nitrogens with two attached hydrogens (primary N) is 1. The molecule has 2 aromatic rings. The van der Waals surface area contributed by atoms with Crippen molar-refractivity contribution in [2.45, 2.75) is 19.3 Å². The molecule has 0 aromatic heterocycles. The summed E-state index contributed by atoms with van der Waals surface area (Å²) in [6, 6.07) is 14.7. The molecule has 22 heavy (non-hydrogen) atoms. The first-order chi connectivity index (χ1) is 10.7. The molecule has 0 amide bonds. The maximum atomic E-state index is 11.9. The number of nitrogen functional groups attached to an aromatic ring is 1. The zero-order chi connectivity index (χ0) is 15.8. The maximum absolute atomic E-state index is 11.9. The first-order valence-corrected chi connectivity index (χ1v) is 7.35. The average Bonchev–Trinajstić information content (AvgIpc) is 2.56. The number of ketones is 1. The van der Waals surface area contributed by atoms with Crippen molar-refractivity contribution >= 4 is 11.5 Å². The standard InChI is InChI=1S/C18H21NO3/c1-21-18-13-15(19)10-11-17(18)22-12-6-5-9-16(20)14-7-3-2-4-8-14/h2-4,7-8,10-11,13H,5-6,9,12,19H2,1H3. The van der Waals surface area contributed by atoms with Gasteiger partial charge in [0.2, 0.25) is 0 Å². The van der Waals surface area contributed by atoms with Gasteiger partial charge in [-0.05, 0) is 25.0 Å². The van der Waals surface area contributed by atoms with E-state index in [1.54, 1.807) is 25.3 Å². The summed E-state index contributed by atoms with van der Waals surface area (Å²) in [5.74, 6) is 1.47. The van der Waals surface area contributed by atoms with Gasteiger partial charge in [0.05, 0.1) is 13.7 Å². The molecular formula is C18H21NO3. The molecule has 116 valence electrons. The Morgan fingerprint density at radius 2 is 1.82 bits per heavy atom. The summed E-state index contributed by atoms with van der Waals surface area (Å²) in [7, 11) is 1.58. The highest BCUT2D eigenvalue weighted by Crippen LogP contribution is 2.29. The smallest absolute Gasteiger partial charge is 0.162 e. The monoisotopic (exact) mass is 299 g/mol. The topological polar surface area (TPSA) is 61.6 Å². The molecule has 0 unspecified atom stereocenters. The summed E-state index contributed by atoms with van der Waals surface area (Å²) in [5.41, 5.74) is 7.10. The van der Waals surface area contributed by atoms with E-state index in [2.05, 4.69) is 0 Å². The lowest BCUT2D eigenvalue weighted by atomic mass is 10.1. The van der Waals surface area contributed by atoms with E-state index in [-0.39, 0.29) is 5.78 Å². The zero-order valence-corrected chi connectivity index (χ0v) is 12.7. The third-order valence-electron chi connectivity index (χ3n) is 3.34. The number of rotatable bonds is 8. The molecule has 0 bridgehead atoms. The number of Topliss-reactive ketones (excluding diaryl/α,β-unsaturated/α-hetero) is 1. The van der Waals surface area contributed by atoms with Gasteiger partial charge in [-0.2, -0.15) is 0 Å². The molecule has 0 aliphatic carbocycles. The molecule has 0 fully saturated rings. The largest absolute Gasteiger partial charge is 0.493 e. The molecule has 4 heteroatoms. The highest BCUT2D eigenvalue weighted by molar-refractivity contribution is 5.95. The minimum absolute atomic E-state index is 0.172. The number of hydrogen-bond donors (Lipinski definition) is 1. The van der Waals surface area contributed by atoms with Crippen molar-refractivity contribution in [2.75, 3.05) is 19.5 Å². The van der Waals surface area contributed by atoms with Crippen molar-refractivity contribution in [2.24, 2.45) is 0 Å². The second kappa shape index (κ2) is 8.08. The molecular weight excluding hydrogens is 278 g/mol. The molecule has 0 saturated carbocycles. The third-order valence-corrected chi connectivity index (χ3v) is 3.34. The minimum atomic E-state index is 0.172. The fourth-order valence-corrected chi connectivity index (χ4v) is 2.14. The van der Waals surface area contributed by atoms with Gasteiger partial charge in [0.15, 0.2) is 17.3 Å². The van der Waals surface area contributed by atoms with Crippen LogP contribution in [0.1, 0.15) is 29.6 Å². The fraction of sp³-hybridized carbons (Fsp3) is 0.278. The van der Waals surface area contributed by atoms with Crippen LogP contribution in [-0.4, -0.2) is 19.5 Å². The first-order valence-electron chi connectivity index (χ1n) is 7.35. The van der Waals surface area contributed by atoms with Crippen molar-refractivity contribution in [1.29, 1.82) is 0 Å². The molecule has 0 atom stereocenters. The van der Waals surface area contributed by atoms with Crippen LogP contribution in [0.15, 0.2) is 48.5 Å². The van der Waals surface area contributed by atoms with Crippen molar-refractivity contribution in [1.82, 2.24) is 0 Å². The predicted molar refractivity (Wildman–Crippen MR) is 87.5 cm³/mol. The molecule has 0 spiro atoms. The van der Waals surface area contributed by atoms with Crippen molar-refractivity contribution in [3.8, 4) is 11.5 Å². The number of anilines is 1. The van der Waals surface area contributed by atoms with E-state index in [4.69, 9.17) is 15.2 Å². The Kier molecular flexibility index (Phi) is 5.83. The van der Waals surface area contributed by atoms with E-state index in [0.717, 1.165) is 18.4 Å². The second-order valence-electron chi connectivity index (χ2n) is 5.01. The van der Waals surface area contributed by atoms with Gasteiger partial charge in [-0.25, -0.2) is 0 Å². The highest BCUT2D eigenvalue weighted by Gasteiger charge is 2.06. The van der Waals surface area contributed by atoms with Gasteiger partial charge in [0.25, 0.3) is 0 Å². The van der Waals surface area contributed by atoms with E-state index in [1.807, 2.05) is 30.3 Å². The molecule has 0 heterocycles. The van der Waals surface area contributed by atoms with Gasteiger partial charge < -0.3 is 15.2 Å². The second-order valence-corrected chi connectivity index (χ2v) is 5.01. The van der Waals surface area contributed by atoms with E-state index in [9.17, 15) is 4.79 Å². The summed E-state index contributed by atoms with van der Waals surface area (Å²) in [6.07, 6.45) is 2.14. The minimum Gasteiger partial charge on any atom is -0.493 e. The van der Waals surface area contributed by atoms with Gasteiger partial charge in [-0.15, -0.1) is 0 Å². The third kappa shape index (κ3) is 4.52. The number of carbonyl (C=O) groups is 1. The maximum Gasteiger partial charge on any atom is 0.162 e. The molecule has 0 saturated heterocycles. The Morgan fingerprint density at radius 3 is 2.55 bits per heavy atom. The van der Waals surface area contributed by atoms with E-state index in [1.165, 1.54) is 0 Å². The Morgan fingerprint density at radius 1 is 1.05 bits per heavy atom. The van der Waals surface area contributed by atoms with Crippen LogP contribution in [0, 0.1) is 0 Å². The number of ether oxygens (including phenoxy) is 2. The summed E-state index contributed by atoms with van der Waals surface area (Å²) < 4.78 is 10.9. The van der Waals surface area contributed by atoms with Crippen LogP contribution in [0.25, 0.3) is 0 Å². The van der Waals surface area contributed by atoms with Gasteiger partial charge in [0.1, 0.15) is 0 Å². The van der Waals surface area contributed by atoms with Crippen LogP contribution in [0.3, 0.4) is 0 Å². The van der Waals surface area contributed by atoms with Gasteiger partial charge in [-0.3, -0.25) is 4.79 Å². The van der Waals surface area contributed by atoms with Crippen LogP contribution in [0.5, 0.6) is 11.5 Å². The van der Waals surface area contributed by atoms with Crippen LogP contribution in [-0.2, 0) is 0 Å². The molecule has 2 rings (SSSR count). The predicted octanol–water partition coefficient (Wildman–Crippen LogP) is 3.71. The Hall–Kier alpha value is -2.49. The van der Waals surface area contributed by atoms with Gasteiger partial charge in [-0.1, -0.05) is 30.3 Å². The van der Waals surface area contributed by atoms with E-state index < -0.39 is 0 Å². The van der Waals surface area contributed by atoms with Crippen molar-refractivity contribution in [3.63, 3.8) is 0 Å². The molecule has 0 aliphatic heterocycles. The lowest BCUT2D eigenvalue weighted by Crippen LogP contribution is -2.03. The van der Waals surface area contributed by atoms with Crippen LogP contribution in [0.4, 0.5) is 5.69 Å². The first kappa shape index (κ1) is 15.9. The number of unbranched alkanes of at least 4 members (excludes halogenated alkanes) is 1. The van der Waals surface area contributed by atoms with Crippen LogP contribution in [0.2, 0.25) is 0 Å². The van der Waals surface area contributed by atoms with Crippen molar-refractivity contribution < 1.29 is 14.3 Å². The quantitative estimate of drug-likeness (QED) is 0.458. The van der Waals surface area contributed by atoms with Crippen molar-refractivity contribution in [3.05, 3.63) is 54.1 Å². The van der Waals surface area contributed by atoms with Gasteiger partial charge >= 0.3 is 0 Å². The Bertz CT molecular complexity index is 611.